The number of unbranched alkanes of at least 4 members (excludes halogenated alkanes) is 2. The molecule has 0 saturated carbocycles. The second-order valence-corrected chi connectivity index (χ2v) is 6.87. The number of amides is 1. The number of phenolic OH excluding ortho intramolecular Hbond substituents is 1. The highest BCUT2D eigenvalue weighted by Crippen LogP contribution is 2.25. The molecule has 1 aliphatic rings. The first-order valence-electron chi connectivity index (χ1n) is 9.26. The van der Waals surface area contributed by atoms with Crippen molar-refractivity contribution in [3.8, 4) is 5.75 Å². The number of piperazine rings is 1. The van der Waals surface area contributed by atoms with Gasteiger partial charge in [-0.15, -0.1) is 0 Å². The summed E-state index contributed by atoms with van der Waals surface area (Å²) in [5.41, 5.74) is 0.894. The van der Waals surface area contributed by atoms with Gasteiger partial charge in [-0.05, 0) is 25.5 Å². The van der Waals surface area contributed by atoms with Gasteiger partial charge in [0.25, 0.3) is 5.91 Å². The molecule has 1 saturated heterocycles. The minimum atomic E-state index is 0.157. The van der Waals surface area contributed by atoms with Crippen LogP contribution in [-0.4, -0.2) is 49.8 Å². The second kappa shape index (κ2) is 9.52. The number of nitrogens with zero attached hydrogens (tertiary/aromatic N) is 1. The van der Waals surface area contributed by atoms with E-state index < -0.39 is 0 Å². The van der Waals surface area contributed by atoms with Gasteiger partial charge in [0.2, 0.25) is 0 Å². The number of para-hydroxylation sites is 2. The standard InChI is InChI=1S/C19H31N3O2/c1-3-4-5-8-16(2)20-19(24)15-21-11-13-22(14-12-21)17-9-6-7-10-18(17)23/h6-7,9-10,16,23H,3-5,8,11-15H2,1-2H3,(H,20,24)/p+1/t16-/m0/s1. The lowest BCUT2D eigenvalue weighted by Gasteiger charge is -2.33. The third-order valence-electron chi connectivity index (χ3n) is 4.75. The van der Waals surface area contributed by atoms with E-state index in [-0.39, 0.29) is 11.9 Å². The molecule has 24 heavy (non-hydrogen) atoms. The molecule has 1 fully saturated rings. The van der Waals surface area contributed by atoms with Gasteiger partial charge < -0.3 is 20.2 Å². The van der Waals surface area contributed by atoms with E-state index in [1.54, 1.807) is 6.07 Å². The zero-order chi connectivity index (χ0) is 17.4. The molecule has 1 atom stereocenters. The van der Waals surface area contributed by atoms with E-state index in [1.165, 1.54) is 24.2 Å². The van der Waals surface area contributed by atoms with Crippen molar-refractivity contribution in [2.75, 3.05) is 37.6 Å². The smallest absolute Gasteiger partial charge is 0.275 e. The van der Waals surface area contributed by atoms with Crippen molar-refractivity contribution in [3.05, 3.63) is 24.3 Å². The molecule has 2 rings (SSSR count). The van der Waals surface area contributed by atoms with E-state index in [0.717, 1.165) is 38.3 Å². The number of nitrogens with one attached hydrogen (secondary N) is 2. The summed E-state index contributed by atoms with van der Waals surface area (Å²) in [5, 5.41) is 13.1. The number of aromatic hydroxyl groups is 1. The summed E-state index contributed by atoms with van der Waals surface area (Å²) in [5.74, 6) is 0.490. The number of rotatable bonds is 8. The number of benzene rings is 1. The summed E-state index contributed by atoms with van der Waals surface area (Å²) in [6.07, 6.45) is 4.70. The van der Waals surface area contributed by atoms with Crippen LogP contribution < -0.4 is 15.1 Å². The van der Waals surface area contributed by atoms with Crippen LogP contribution in [0.3, 0.4) is 0 Å². The van der Waals surface area contributed by atoms with E-state index in [0.29, 0.717) is 12.3 Å². The van der Waals surface area contributed by atoms with Crippen molar-refractivity contribution in [2.45, 2.75) is 45.6 Å². The van der Waals surface area contributed by atoms with Gasteiger partial charge in [-0.1, -0.05) is 38.3 Å². The van der Waals surface area contributed by atoms with Crippen molar-refractivity contribution < 1.29 is 14.8 Å². The summed E-state index contributed by atoms with van der Waals surface area (Å²) in [6, 6.07) is 7.73. The Labute approximate surface area is 145 Å². The lowest BCUT2D eigenvalue weighted by atomic mass is 10.1. The Hall–Kier alpha value is -1.75. The van der Waals surface area contributed by atoms with Gasteiger partial charge in [0.05, 0.1) is 31.9 Å². The number of phenols is 1. The number of carbonyl (C=O) groups is 1. The predicted octanol–water partition coefficient (Wildman–Crippen LogP) is 1.18. The fraction of sp³-hybridized carbons (Fsp3) is 0.632. The first kappa shape index (κ1) is 18.6. The number of hydrogen-bond donors (Lipinski definition) is 3. The van der Waals surface area contributed by atoms with Crippen molar-refractivity contribution in [2.24, 2.45) is 0 Å². The molecule has 1 heterocycles. The van der Waals surface area contributed by atoms with Gasteiger partial charge in [-0.25, -0.2) is 0 Å². The van der Waals surface area contributed by atoms with Gasteiger partial charge in [-0.2, -0.15) is 0 Å². The molecule has 0 bridgehead atoms. The number of quaternary nitrogens is 1. The molecule has 5 heteroatoms. The summed E-state index contributed by atoms with van der Waals surface area (Å²) in [6.45, 7) is 8.42. The predicted molar refractivity (Wildman–Crippen MR) is 97.6 cm³/mol. The molecule has 1 aliphatic heterocycles. The average Bonchev–Trinajstić information content (AvgIpc) is 2.56. The van der Waals surface area contributed by atoms with Gasteiger partial charge in [0, 0.05) is 6.04 Å². The summed E-state index contributed by atoms with van der Waals surface area (Å²) in [7, 11) is 0. The number of hydrogen-bond acceptors (Lipinski definition) is 3. The van der Waals surface area contributed by atoms with Crippen molar-refractivity contribution in [3.63, 3.8) is 0 Å². The van der Waals surface area contributed by atoms with Crippen LogP contribution in [0.2, 0.25) is 0 Å². The number of carbonyl (C=O) groups excluding carboxylic acids is 1. The van der Waals surface area contributed by atoms with Gasteiger partial charge in [-0.3, -0.25) is 4.79 Å². The highest BCUT2D eigenvalue weighted by Gasteiger charge is 2.23. The Morgan fingerprint density at radius 1 is 1.29 bits per heavy atom. The van der Waals surface area contributed by atoms with Crippen molar-refractivity contribution in [1.82, 2.24) is 5.32 Å². The van der Waals surface area contributed by atoms with Gasteiger partial charge >= 0.3 is 0 Å². The Bertz CT molecular complexity index is 513. The first-order valence-corrected chi connectivity index (χ1v) is 9.26. The second-order valence-electron chi connectivity index (χ2n) is 6.87. The van der Waals surface area contributed by atoms with E-state index in [4.69, 9.17) is 0 Å². The SMILES string of the molecule is CCCCC[C@H](C)NC(=O)C[NH+]1CCN(c2ccccc2O)CC1. The molecule has 1 aromatic carbocycles. The van der Waals surface area contributed by atoms with Crippen LogP contribution in [0, 0.1) is 0 Å². The molecule has 0 spiro atoms. The van der Waals surface area contributed by atoms with Crippen LogP contribution in [0.15, 0.2) is 24.3 Å². The fourth-order valence-electron chi connectivity index (χ4n) is 3.30. The Morgan fingerprint density at radius 3 is 2.67 bits per heavy atom. The molecular formula is C19H32N3O2+. The molecule has 0 aliphatic carbocycles. The largest absolute Gasteiger partial charge is 0.506 e. The quantitative estimate of drug-likeness (QED) is 0.626. The fourth-order valence-corrected chi connectivity index (χ4v) is 3.30. The zero-order valence-electron chi connectivity index (χ0n) is 15.1. The average molecular weight is 334 g/mol. The lowest BCUT2D eigenvalue weighted by molar-refractivity contribution is -0.892. The van der Waals surface area contributed by atoms with Crippen LogP contribution in [0.1, 0.15) is 39.5 Å². The lowest BCUT2D eigenvalue weighted by Crippen LogP contribution is -3.16. The molecular weight excluding hydrogens is 302 g/mol. The maximum absolute atomic E-state index is 12.2. The van der Waals surface area contributed by atoms with E-state index >= 15 is 0 Å². The van der Waals surface area contributed by atoms with Crippen LogP contribution >= 0.6 is 0 Å². The Morgan fingerprint density at radius 2 is 2.00 bits per heavy atom. The first-order chi connectivity index (χ1) is 11.6. The van der Waals surface area contributed by atoms with Crippen LogP contribution in [-0.2, 0) is 4.79 Å². The highest BCUT2D eigenvalue weighted by molar-refractivity contribution is 5.77. The van der Waals surface area contributed by atoms with E-state index in [1.807, 2.05) is 18.2 Å². The van der Waals surface area contributed by atoms with E-state index in [2.05, 4.69) is 24.1 Å². The van der Waals surface area contributed by atoms with Crippen molar-refractivity contribution in [1.29, 1.82) is 0 Å². The Kier molecular flexibility index (Phi) is 7.37. The molecule has 3 N–H and O–H groups in total. The van der Waals surface area contributed by atoms with E-state index in [9.17, 15) is 9.90 Å². The molecule has 5 nitrogen and oxygen atoms in total. The summed E-state index contributed by atoms with van der Waals surface area (Å²) < 4.78 is 0. The maximum atomic E-state index is 12.2. The van der Waals surface area contributed by atoms with Gasteiger partial charge in [0.1, 0.15) is 5.75 Å². The van der Waals surface area contributed by atoms with Crippen LogP contribution in [0.25, 0.3) is 0 Å². The van der Waals surface area contributed by atoms with Crippen LogP contribution in [0.4, 0.5) is 5.69 Å². The third-order valence-corrected chi connectivity index (χ3v) is 4.75. The molecule has 134 valence electrons. The highest BCUT2D eigenvalue weighted by atomic mass is 16.3. The normalized spacial score (nSPS) is 16.8. The molecule has 0 aromatic heterocycles. The minimum absolute atomic E-state index is 0.157. The molecule has 1 amide bonds. The minimum Gasteiger partial charge on any atom is -0.506 e. The topological polar surface area (TPSA) is 57.0 Å². The van der Waals surface area contributed by atoms with Crippen LogP contribution in [0.5, 0.6) is 5.75 Å². The zero-order valence-corrected chi connectivity index (χ0v) is 15.1. The number of anilines is 1. The summed E-state index contributed by atoms with van der Waals surface area (Å²) >= 11 is 0. The Balaban J connectivity index is 1.71. The monoisotopic (exact) mass is 334 g/mol. The summed E-state index contributed by atoms with van der Waals surface area (Å²) in [4.78, 5) is 15.7. The molecule has 0 unspecified atom stereocenters. The third kappa shape index (κ3) is 5.71. The van der Waals surface area contributed by atoms with Crippen molar-refractivity contribution >= 4 is 11.6 Å². The molecule has 0 radical (unpaired) electrons. The molecule has 1 aromatic rings. The maximum Gasteiger partial charge on any atom is 0.275 e. The van der Waals surface area contributed by atoms with Gasteiger partial charge in [0.15, 0.2) is 6.54 Å².